The smallest absolute Gasteiger partial charge is 0.199 e. The van der Waals surface area contributed by atoms with Gasteiger partial charge in [-0.05, 0) is 73.3 Å². The van der Waals surface area contributed by atoms with Crippen LogP contribution in [-0.2, 0) is 0 Å². The molecule has 1 nitrogen and oxygen atoms in total. The predicted molar refractivity (Wildman–Crippen MR) is 122 cm³/mol. The Morgan fingerprint density at radius 1 is 0.852 bits per heavy atom. The summed E-state index contributed by atoms with van der Waals surface area (Å²) < 4.78 is 0.962. The molecule has 0 aliphatic carbocycles. The first-order chi connectivity index (χ1) is 13.0. The van der Waals surface area contributed by atoms with Gasteiger partial charge in [0.05, 0.1) is 4.91 Å². The third-order valence-electron chi connectivity index (χ3n) is 3.99. The second kappa shape index (κ2) is 9.45. The Kier molecular flexibility index (Phi) is 7.00. The maximum atomic E-state index is 13.1. The van der Waals surface area contributed by atoms with Gasteiger partial charge < -0.3 is 0 Å². The van der Waals surface area contributed by atoms with Crippen molar-refractivity contribution < 1.29 is 4.79 Å². The van der Waals surface area contributed by atoms with Gasteiger partial charge in [-0.1, -0.05) is 57.5 Å². The second-order valence-electron chi connectivity index (χ2n) is 6.03. The van der Waals surface area contributed by atoms with Crippen LogP contribution in [0.4, 0.5) is 0 Å². The SMILES string of the molecule is CSc1ccc(/C=C(/Sc2ccc(C)cc2)C(=O)c2ccc(Br)cc2)cc1. The van der Waals surface area contributed by atoms with Crippen molar-refractivity contribution in [2.45, 2.75) is 16.7 Å². The number of carbonyl (C=O) groups is 1. The third-order valence-corrected chi connectivity index (χ3v) is 6.30. The van der Waals surface area contributed by atoms with E-state index in [0.29, 0.717) is 10.5 Å². The molecular formula is C23H19BrOS2. The molecule has 136 valence electrons. The average Bonchev–Trinajstić information content (AvgIpc) is 2.70. The number of ketones is 1. The number of halogens is 1. The Morgan fingerprint density at radius 3 is 2.04 bits per heavy atom. The van der Waals surface area contributed by atoms with Crippen molar-refractivity contribution in [3.63, 3.8) is 0 Å². The van der Waals surface area contributed by atoms with Crippen LogP contribution in [0.15, 0.2) is 92.0 Å². The Labute approximate surface area is 177 Å². The molecule has 0 saturated heterocycles. The van der Waals surface area contributed by atoms with Crippen LogP contribution < -0.4 is 0 Å². The highest BCUT2D eigenvalue weighted by Gasteiger charge is 2.14. The van der Waals surface area contributed by atoms with Gasteiger partial charge in [0.2, 0.25) is 0 Å². The van der Waals surface area contributed by atoms with Crippen LogP contribution in [0.2, 0.25) is 0 Å². The van der Waals surface area contributed by atoms with E-state index in [4.69, 9.17) is 0 Å². The number of benzene rings is 3. The van der Waals surface area contributed by atoms with Gasteiger partial charge in [-0.3, -0.25) is 4.79 Å². The minimum absolute atomic E-state index is 0.0296. The first-order valence-electron chi connectivity index (χ1n) is 8.46. The molecule has 0 unspecified atom stereocenters. The molecule has 0 amide bonds. The second-order valence-corrected chi connectivity index (χ2v) is 8.94. The maximum absolute atomic E-state index is 13.1. The summed E-state index contributed by atoms with van der Waals surface area (Å²) >= 11 is 6.64. The van der Waals surface area contributed by atoms with Crippen molar-refractivity contribution >= 4 is 51.3 Å². The van der Waals surface area contributed by atoms with Gasteiger partial charge in [0.15, 0.2) is 5.78 Å². The highest BCUT2D eigenvalue weighted by Crippen LogP contribution is 2.32. The standard InChI is InChI=1S/C23H19BrOS2/c1-16-3-11-21(12-4-16)27-22(15-17-5-13-20(26-2)14-6-17)23(25)18-7-9-19(24)10-8-18/h3-15H,1-2H3/b22-15+. The predicted octanol–water partition coefficient (Wildman–Crippen LogP) is 7.50. The third kappa shape index (κ3) is 5.61. The fourth-order valence-electron chi connectivity index (χ4n) is 2.47. The minimum Gasteiger partial charge on any atom is -0.288 e. The molecule has 0 spiro atoms. The first-order valence-corrected chi connectivity index (χ1v) is 11.3. The molecule has 3 rings (SSSR count). The lowest BCUT2D eigenvalue weighted by Gasteiger charge is -2.08. The Bertz CT molecular complexity index is 943. The summed E-state index contributed by atoms with van der Waals surface area (Å²) in [5.74, 6) is 0.0296. The maximum Gasteiger partial charge on any atom is 0.199 e. The molecule has 0 N–H and O–H groups in total. The number of allylic oxidation sites excluding steroid dienone is 1. The summed E-state index contributed by atoms with van der Waals surface area (Å²) in [6, 6.07) is 24.0. The quantitative estimate of drug-likeness (QED) is 0.218. The zero-order chi connectivity index (χ0) is 19.2. The molecule has 27 heavy (non-hydrogen) atoms. The summed E-state index contributed by atoms with van der Waals surface area (Å²) in [4.78, 5) is 16.1. The highest BCUT2D eigenvalue weighted by molar-refractivity contribution is 9.10. The molecule has 0 aliphatic rings. The van der Waals surface area contributed by atoms with E-state index in [2.05, 4.69) is 77.6 Å². The van der Waals surface area contributed by atoms with Crippen LogP contribution in [0, 0.1) is 6.92 Å². The Hall–Kier alpha value is -1.75. The highest BCUT2D eigenvalue weighted by atomic mass is 79.9. The van der Waals surface area contributed by atoms with E-state index in [9.17, 15) is 4.79 Å². The van der Waals surface area contributed by atoms with Crippen molar-refractivity contribution in [1.82, 2.24) is 0 Å². The van der Waals surface area contributed by atoms with E-state index in [1.807, 2.05) is 30.3 Å². The van der Waals surface area contributed by atoms with Gasteiger partial charge in [-0.15, -0.1) is 11.8 Å². The fourth-order valence-corrected chi connectivity index (χ4v) is 4.07. The molecule has 0 fully saturated rings. The van der Waals surface area contributed by atoms with Gasteiger partial charge >= 0.3 is 0 Å². The number of aryl methyl sites for hydroxylation is 1. The molecule has 4 heteroatoms. The summed E-state index contributed by atoms with van der Waals surface area (Å²) in [5, 5.41) is 0. The molecule has 0 saturated carbocycles. The van der Waals surface area contributed by atoms with Crippen LogP contribution >= 0.6 is 39.5 Å². The summed E-state index contributed by atoms with van der Waals surface area (Å²) in [7, 11) is 0. The number of rotatable bonds is 6. The fraction of sp³-hybridized carbons (Fsp3) is 0.0870. The lowest BCUT2D eigenvalue weighted by atomic mass is 10.1. The van der Waals surface area contributed by atoms with E-state index in [0.717, 1.165) is 14.9 Å². The molecular weight excluding hydrogens is 436 g/mol. The normalized spacial score (nSPS) is 11.4. The molecule has 0 aromatic heterocycles. The number of carbonyl (C=O) groups excluding carboxylic acids is 1. The lowest BCUT2D eigenvalue weighted by Crippen LogP contribution is -2.01. The van der Waals surface area contributed by atoms with Gasteiger partial charge in [0, 0.05) is 19.8 Å². The van der Waals surface area contributed by atoms with Crippen LogP contribution in [0.5, 0.6) is 0 Å². The van der Waals surface area contributed by atoms with E-state index < -0.39 is 0 Å². The zero-order valence-corrected chi connectivity index (χ0v) is 18.3. The summed E-state index contributed by atoms with van der Waals surface area (Å²) in [6.45, 7) is 2.06. The topological polar surface area (TPSA) is 17.1 Å². The lowest BCUT2D eigenvalue weighted by molar-refractivity contribution is 0.104. The van der Waals surface area contributed by atoms with Crippen molar-refractivity contribution in [2.75, 3.05) is 6.26 Å². The molecule has 3 aromatic carbocycles. The van der Waals surface area contributed by atoms with Crippen molar-refractivity contribution in [1.29, 1.82) is 0 Å². The largest absolute Gasteiger partial charge is 0.288 e. The number of Topliss-reactive ketones (excluding diaryl/α,β-unsaturated/α-hetero) is 1. The first kappa shape index (κ1) is 20.0. The Morgan fingerprint density at radius 2 is 1.44 bits per heavy atom. The van der Waals surface area contributed by atoms with Crippen molar-refractivity contribution in [3.05, 3.63) is 98.9 Å². The Balaban J connectivity index is 1.96. The van der Waals surface area contributed by atoms with Crippen molar-refractivity contribution in [3.8, 4) is 0 Å². The average molecular weight is 455 g/mol. The summed E-state index contributed by atoms with van der Waals surface area (Å²) in [5.41, 5.74) is 2.91. The molecule has 0 aliphatic heterocycles. The number of hydrogen-bond donors (Lipinski definition) is 0. The van der Waals surface area contributed by atoms with Gasteiger partial charge in [0.1, 0.15) is 0 Å². The van der Waals surface area contributed by atoms with E-state index >= 15 is 0 Å². The zero-order valence-electron chi connectivity index (χ0n) is 15.1. The van der Waals surface area contributed by atoms with Crippen LogP contribution in [0.25, 0.3) is 6.08 Å². The minimum atomic E-state index is 0.0296. The van der Waals surface area contributed by atoms with Crippen LogP contribution in [0.1, 0.15) is 21.5 Å². The molecule has 3 aromatic rings. The molecule has 0 bridgehead atoms. The molecule has 0 heterocycles. The van der Waals surface area contributed by atoms with E-state index in [1.54, 1.807) is 11.8 Å². The van der Waals surface area contributed by atoms with Gasteiger partial charge in [0.25, 0.3) is 0 Å². The monoisotopic (exact) mass is 454 g/mol. The summed E-state index contributed by atoms with van der Waals surface area (Å²) in [6.07, 6.45) is 4.03. The van der Waals surface area contributed by atoms with Crippen LogP contribution in [0.3, 0.4) is 0 Å². The molecule has 0 radical (unpaired) electrons. The van der Waals surface area contributed by atoms with E-state index in [-0.39, 0.29) is 5.78 Å². The molecule has 0 atom stereocenters. The number of thioether (sulfide) groups is 2. The van der Waals surface area contributed by atoms with Crippen molar-refractivity contribution in [2.24, 2.45) is 0 Å². The number of hydrogen-bond acceptors (Lipinski definition) is 3. The van der Waals surface area contributed by atoms with Gasteiger partial charge in [-0.2, -0.15) is 0 Å². The van der Waals surface area contributed by atoms with E-state index in [1.165, 1.54) is 22.2 Å². The van der Waals surface area contributed by atoms with Crippen LogP contribution in [-0.4, -0.2) is 12.0 Å². The van der Waals surface area contributed by atoms with Gasteiger partial charge in [-0.25, -0.2) is 0 Å².